The first-order valence-corrected chi connectivity index (χ1v) is 7.72. The molecule has 9 nitrogen and oxygen atoms in total. The van der Waals surface area contributed by atoms with Crippen molar-refractivity contribution < 1.29 is 17.9 Å². The van der Waals surface area contributed by atoms with Gasteiger partial charge in [0.15, 0.2) is 4.90 Å². The summed E-state index contributed by atoms with van der Waals surface area (Å²) in [5.74, 6) is -0.710. The van der Waals surface area contributed by atoms with Crippen molar-refractivity contribution in [3.05, 3.63) is 43.4 Å². The van der Waals surface area contributed by atoms with Crippen molar-refractivity contribution in [2.45, 2.75) is 4.90 Å². The first kappa shape index (κ1) is 15.0. The molecule has 0 amide bonds. The average molecular weight is 331 g/mol. The summed E-state index contributed by atoms with van der Waals surface area (Å²) in [7, 11) is -3.10. The summed E-state index contributed by atoms with van der Waals surface area (Å²) in [4.78, 5) is 37.1. The van der Waals surface area contributed by atoms with Crippen molar-refractivity contribution in [1.82, 2.24) is 9.97 Å². The molecule has 21 heavy (non-hydrogen) atoms. The lowest BCUT2D eigenvalue weighted by Gasteiger charge is -2.07. The first-order chi connectivity index (χ1) is 9.85. The number of aromatic amines is 2. The number of ether oxygens (including phenoxy) is 1. The molecule has 0 aromatic carbocycles. The number of anilines is 1. The number of methoxy groups -OCH3 is 1. The van der Waals surface area contributed by atoms with Crippen molar-refractivity contribution in [2.75, 3.05) is 11.8 Å². The van der Waals surface area contributed by atoms with E-state index in [9.17, 15) is 22.8 Å². The Hall–Kier alpha value is -2.40. The maximum atomic E-state index is 12.1. The maximum absolute atomic E-state index is 12.1. The smallest absolute Gasteiger partial charge is 0.350 e. The van der Waals surface area contributed by atoms with Gasteiger partial charge in [0, 0.05) is 6.20 Å². The molecule has 0 atom stereocenters. The van der Waals surface area contributed by atoms with Gasteiger partial charge in [-0.15, -0.1) is 11.3 Å². The highest BCUT2D eigenvalue weighted by molar-refractivity contribution is 7.92. The minimum atomic E-state index is -4.26. The van der Waals surface area contributed by atoms with Crippen LogP contribution in [0.5, 0.6) is 0 Å². The number of rotatable bonds is 4. The Labute approximate surface area is 121 Å². The van der Waals surface area contributed by atoms with Crippen LogP contribution in [0.4, 0.5) is 5.69 Å². The number of hydrogen-bond acceptors (Lipinski definition) is 7. The van der Waals surface area contributed by atoms with Crippen LogP contribution in [0.1, 0.15) is 9.67 Å². The van der Waals surface area contributed by atoms with Crippen molar-refractivity contribution in [1.29, 1.82) is 0 Å². The van der Waals surface area contributed by atoms with Crippen molar-refractivity contribution >= 4 is 33.0 Å². The molecule has 0 unspecified atom stereocenters. The third kappa shape index (κ3) is 3.03. The highest BCUT2D eigenvalue weighted by atomic mass is 32.2. The molecule has 112 valence electrons. The fourth-order valence-electron chi connectivity index (χ4n) is 1.44. The monoisotopic (exact) mass is 331 g/mol. The number of carbonyl (C=O) groups excluding carboxylic acids is 1. The van der Waals surface area contributed by atoms with Crippen molar-refractivity contribution in [3.63, 3.8) is 0 Å². The summed E-state index contributed by atoms with van der Waals surface area (Å²) in [5.41, 5.74) is -1.91. The van der Waals surface area contributed by atoms with E-state index in [1.54, 1.807) is 4.98 Å². The van der Waals surface area contributed by atoms with Crippen LogP contribution in [-0.2, 0) is 14.8 Å². The van der Waals surface area contributed by atoms with Gasteiger partial charge < -0.3 is 9.72 Å². The Morgan fingerprint density at radius 1 is 1.38 bits per heavy atom. The fraction of sp³-hybridized carbons (Fsp3) is 0.100. The van der Waals surface area contributed by atoms with Crippen LogP contribution in [0.25, 0.3) is 0 Å². The minimum absolute atomic E-state index is 0.0162. The number of sulfonamides is 1. The maximum Gasteiger partial charge on any atom is 0.350 e. The molecule has 3 N–H and O–H groups in total. The van der Waals surface area contributed by atoms with E-state index < -0.39 is 32.1 Å². The topological polar surface area (TPSA) is 138 Å². The molecule has 2 heterocycles. The number of H-pyrrole nitrogens is 2. The largest absolute Gasteiger partial charge is 0.465 e. The van der Waals surface area contributed by atoms with Crippen LogP contribution in [0.2, 0.25) is 0 Å². The summed E-state index contributed by atoms with van der Waals surface area (Å²) >= 11 is 0.980. The highest BCUT2D eigenvalue weighted by Crippen LogP contribution is 2.25. The molecule has 0 radical (unpaired) electrons. The predicted octanol–water partition coefficient (Wildman–Crippen LogP) is -0.288. The summed E-state index contributed by atoms with van der Waals surface area (Å²) < 4.78 is 30.8. The van der Waals surface area contributed by atoms with Crippen LogP contribution in [0, 0.1) is 0 Å². The third-order valence-electron chi connectivity index (χ3n) is 2.36. The number of thiophene rings is 1. The lowest BCUT2D eigenvalue weighted by Crippen LogP contribution is -2.29. The van der Waals surface area contributed by atoms with Crippen LogP contribution in [0.3, 0.4) is 0 Å². The van der Waals surface area contributed by atoms with E-state index in [1.807, 2.05) is 0 Å². The molecule has 0 spiro atoms. The van der Waals surface area contributed by atoms with Crippen molar-refractivity contribution in [2.24, 2.45) is 0 Å². The number of carbonyl (C=O) groups is 1. The second-order valence-electron chi connectivity index (χ2n) is 3.70. The molecular formula is C10H9N3O6S2. The molecule has 0 fully saturated rings. The molecule has 0 saturated carbocycles. The minimum Gasteiger partial charge on any atom is -0.465 e. The third-order valence-corrected chi connectivity index (χ3v) is 4.62. The molecular weight excluding hydrogens is 322 g/mol. The zero-order valence-electron chi connectivity index (χ0n) is 10.5. The van der Waals surface area contributed by atoms with Gasteiger partial charge in [-0.3, -0.25) is 14.5 Å². The zero-order valence-corrected chi connectivity index (χ0v) is 12.1. The molecule has 0 aliphatic rings. The normalized spacial score (nSPS) is 11.1. The molecule has 0 bridgehead atoms. The predicted molar refractivity (Wildman–Crippen MR) is 74.2 cm³/mol. The summed E-state index contributed by atoms with van der Waals surface area (Å²) in [6.07, 6.45) is 0.772. The summed E-state index contributed by atoms with van der Waals surface area (Å²) in [6, 6.07) is 1.36. The second kappa shape index (κ2) is 5.54. The SMILES string of the molecule is COC(=O)c1sccc1NS(=O)(=O)c1c[nH]c(=O)[nH]c1=O. The molecule has 2 aromatic heterocycles. The fourth-order valence-corrected chi connectivity index (χ4v) is 3.35. The van der Waals surface area contributed by atoms with E-state index in [4.69, 9.17) is 0 Å². The molecule has 0 saturated heterocycles. The van der Waals surface area contributed by atoms with Gasteiger partial charge in [-0.05, 0) is 11.4 Å². The lowest BCUT2D eigenvalue weighted by atomic mass is 10.4. The molecule has 0 aliphatic heterocycles. The lowest BCUT2D eigenvalue weighted by molar-refractivity contribution is 0.0607. The number of nitrogens with one attached hydrogen (secondary N) is 3. The Balaban J connectivity index is 2.43. The zero-order chi connectivity index (χ0) is 15.6. The Bertz CT molecular complexity index is 892. The van der Waals surface area contributed by atoms with E-state index in [-0.39, 0.29) is 10.6 Å². The van der Waals surface area contributed by atoms with E-state index in [0.717, 1.165) is 24.6 Å². The van der Waals surface area contributed by atoms with Crippen molar-refractivity contribution in [3.8, 4) is 0 Å². The van der Waals surface area contributed by atoms with Gasteiger partial charge in [-0.1, -0.05) is 0 Å². The number of hydrogen-bond donors (Lipinski definition) is 3. The van der Waals surface area contributed by atoms with Gasteiger partial charge in [-0.25, -0.2) is 18.0 Å². The number of aromatic nitrogens is 2. The molecule has 0 aliphatic carbocycles. The average Bonchev–Trinajstić information content (AvgIpc) is 2.84. The van der Waals surface area contributed by atoms with Crippen LogP contribution in [0.15, 0.2) is 32.1 Å². The Morgan fingerprint density at radius 3 is 2.71 bits per heavy atom. The summed E-state index contributed by atoms with van der Waals surface area (Å²) in [6.45, 7) is 0. The van der Waals surface area contributed by atoms with Crippen LogP contribution in [-0.4, -0.2) is 31.5 Å². The van der Waals surface area contributed by atoms with Gasteiger partial charge in [0.2, 0.25) is 0 Å². The Kier molecular flexibility index (Phi) is 3.95. The van der Waals surface area contributed by atoms with Crippen LogP contribution >= 0.6 is 11.3 Å². The van der Waals surface area contributed by atoms with Gasteiger partial charge >= 0.3 is 11.7 Å². The van der Waals surface area contributed by atoms with Gasteiger partial charge in [0.1, 0.15) is 4.88 Å². The van der Waals surface area contributed by atoms with Gasteiger partial charge in [-0.2, -0.15) is 0 Å². The quantitative estimate of drug-likeness (QED) is 0.658. The van der Waals surface area contributed by atoms with E-state index in [0.29, 0.717) is 0 Å². The van der Waals surface area contributed by atoms with E-state index in [2.05, 4.69) is 14.4 Å². The standard InChI is InChI=1S/C10H9N3O6S2/c1-19-9(15)7-5(2-3-20-7)13-21(17,18)6-4-11-10(16)12-8(6)14/h2-4,13H,1H3,(H2,11,12,14,16). The van der Waals surface area contributed by atoms with E-state index >= 15 is 0 Å². The number of esters is 1. The van der Waals surface area contributed by atoms with E-state index in [1.165, 1.54) is 11.4 Å². The molecule has 2 rings (SSSR count). The van der Waals surface area contributed by atoms with Crippen LogP contribution < -0.4 is 16.0 Å². The molecule has 11 heteroatoms. The van der Waals surface area contributed by atoms with Gasteiger partial charge in [0.25, 0.3) is 15.6 Å². The Morgan fingerprint density at radius 2 is 2.10 bits per heavy atom. The highest BCUT2D eigenvalue weighted by Gasteiger charge is 2.23. The van der Waals surface area contributed by atoms with Gasteiger partial charge in [0.05, 0.1) is 12.8 Å². The first-order valence-electron chi connectivity index (χ1n) is 5.36. The summed E-state index contributed by atoms with van der Waals surface area (Å²) in [5, 5.41) is 1.49. The molecule has 2 aromatic rings. The second-order valence-corrected chi connectivity index (χ2v) is 6.26.